The molecule has 0 radical (unpaired) electrons. The number of carbonyl (C=O) groups is 5. The number of hydrogen-bond donors (Lipinski definition) is 4. The molecule has 4 amide bonds. The van der Waals surface area contributed by atoms with E-state index in [-0.39, 0.29) is 58.5 Å². The average Bonchev–Trinajstić information content (AvgIpc) is 3.45. The molecule has 18 heteroatoms. The summed E-state index contributed by atoms with van der Waals surface area (Å²) in [6, 6.07) is 13.4. The number of benzene rings is 2. The molecule has 1 saturated heterocycles. The fraction of sp³-hybridized carbons (Fsp3) is 0.514. The minimum absolute atomic E-state index is 0.0652. The van der Waals surface area contributed by atoms with Crippen molar-refractivity contribution in [1.82, 2.24) is 25.8 Å². The molecule has 55 heavy (non-hydrogen) atoms. The van der Waals surface area contributed by atoms with Crippen LogP contribution in [0.1, 0.15) is 63.6 Å². The van der Waals surface area contributed by atoms with Crippen molar-refractivity contribution in [1.29, 1.82) is 0 Å². The number of nitro groups is 1. The molecular formula is C37H50N8O10. The van der Waals surface area contributed by atoms with Crippen LogP contribution in [-0.2, 0) is 53.0 Å². The van der Waals surface area contributed by atoms with Crippen LogP contribution in [0.2, 0.25) is 0 Å². The van der Waals surface area contributed by atoms with Crippen molar-refractivity contribution in [3.05, 3.63) is 81.4 Å². The number of guanidine groups is 1. The zero-order chi connectivity index (χ0) is 40.3. The van der Waals surface area contributed by atoms with Gasteiger partial charge in [0, 0.05) is 26.1 Å². The number of hydrogen-bond acceptors (Lipinski definition) is 10. The molecule has 0 aliphatic carbocycles. The van der Waals surface area contributed by atoms with Crippen LogP contribution in [0.4, 0.5) is 4.79 Å². The van der Waals surface area contributed by atoms with Gasteiger partial charge >= 0.3 is 12.1 Å². The van der Waals surface area contributed by atoms with E-state index < -0.39 is 70.0 Å². The van der Waals surface area contributed by atoms with Gasteiger partial charge in [-0.2, -0.15) is 0 Å². The van der Waals surface area contributed by atoms with Gasteiger partial charge in [0.15, 0.2) is 5.03 Å². The van der Waals surface area contributed by atoms with E-state index in [2.05, 4.69) is 21.1 Å². The summed E-state index contributed by atoms with van der Waals surface area (Å²) in [5, 5.41) is 20.4. The summed E-state index contributed by atoms with van der Waals surface area (Å²) in [4.78, 5) is 82.0. The number of fused-ring (bicyclic) bond motifs is 1. The Kier molecular flexibility index (Phi) is 14.1. The third-order valence-corrected chi connectivity index (χ3v) is 9.34. The van der Waals surface area contributed by atoms with Gasteiger partial charge in [0.1, 0.15) is 34.4 Å². The number of rotatable bonds is 15. The molecule has 4 atom stereocenters. The van der Waals surface area contributed by atoms with Crippen molar-refractivity contribution in [2.75, 3.05) is 26.8 Å². The molecule has 2 aromatic rings. The Hall–Kier alpha value is -5.78. The van der Waals surface area contributed by atoms with E-state index in [4.69, 9.17) is 19.9 Å². The van der Waals surface area contributed by atoms with Crippen molar-refractivity contribution < 1.29 is 43.2 Å². The highest BCUT2D eigenvalue weighted by atomic mass is 16.7. The molecule has 2 aliphatic heterocycles. The lowest BCUT2D eigenvalue weighted by Gasteiger charge is -2.45. The summed E-state index contributed by atoms with van der Waals surface area (Å²) in [6.45, 7) is 6.89. The number of amides is 4. The molecule has 298 valence electrons. The molecule has 1 spiro atoms. The van der Waals surface area contributed by atoms with Gasteiger partial charge in [0.05, 0.1) is 20.3 Å². The predicted molar refractivity (Wildman–Crippen MR) is 198 cm³/mol. The van der Waals surface area contributed by atoms with Crippen LogP contribution >= 0.6 is 0 Å². The fourth-order valence-electron chi connectivity index (χ4n) is 6.62. The van der Waals surface area contributed by atoms with E-state index in [9.17, 15) is 34.1 Å². The number of carbonyl (C=O) groups excluding carboxylic acids is 5. The molecule has 1 fully saturated rings. The maximum atomic E-state index is 14.7. The number of nitrogens with zero attached hydrogens (tertiary/aromatic N) is 4. The van der Waals surface area contributed by atoms with E-state index in [0.29, 0.717) is 0 Å². The van der Waals surface area contributed by atoms with E-state index in [1.807, 2.05) is 54.6 Å². The number of ether oxygens (including phenoxy) is 3. The Bertz CT molecular complexity index is 1750. The number of likely N-dealkylation sites (tertiary alicyclic amines) is 1. The van der Waals surface area contributed by atoms with Gasteiger partial charge in [-0.3, -0.25) is 14.4 Å². The Balaban J connectivity index is 1.55. The van der Waals surface area contributed by atoms with Gasteiger partial charge in [0.2, 0.25) is 17.7 Å². The van der Waals surface area contributed by atoms with Crippen molar-refractivity contribution in [2.45, 2.75) is 95.8 Å². The van der Waals surface area contributed by atoms with Crippen molar-refractivity contribution in [2.24, 2.45) is 10.8 Å². The lowest BCUT2D eigenvalue weighted by Crippen LogP contribution is -2.64. The van der Waals surface area contributed by atoms with Crippen LogP contribution in [-0.4, -0.2) is 107 Å². The summed E-state index contributed by atoms with van der Waals surface area (Å²) < 4.78 is 16.3. The highest BCUT2D eigenvalue weighted by Crippen LogP contribution is 2.40. The van der Waals surface area contributed by atoms with Crippen LogP contribution in [0.5, 0.6) is 0 Å². The van der Waals surface area contributed by atoms with Gasteiger partial charge in [-0.15, -0.1) is 0 Å². The third kappa shape index (κ3) is 11.1. The maximum absolute atomic E-state index is 14.7. The molecule has 0 aromatic heterocycles. The number of alkyl carbamates (subject to hydrolysis) is 1. The smallest absolute Gasteiger partial charge is 0.408 e. The number of methoxy groups -OCH3 is 1. The first-order valence-electron chi connectivity index (χ1n) is 18.0. The van der Waals surface area contributed by atoms with Gasteiger partial charge < -0.3 is 45.7 Å². The zero-order valence-corrected chi connectivity index (χ0v) is 31.7. The minimum Gasteiger partial charge on any atom is -0.467 e. The highest BCUT2D eigenvalue weighted by molar-refractivity contribution is 5.99. The van der Waals surface area contributed by atoms with Gasteiger partial charge in [-0.05, 0) is 63.6 Å². The van der Waals surface area contributed by atoms with Crippen LogP contribution in [0.15, 0.2) is 59.7 Å². The molecule has 4 rings (SSSR count). The van der Waals surface area contributed by atoms with E-state index in [0.717, 1.165) is 16.7 Å². The van der Waals surface area contributed by atoms with E-state index >= 15 is 0 Å². The zero-order valence-electron chi connectivity index (χ0n) is 31.7. The maximum Gasteiger partial charge on any atom is 0.408 e. The molecule has 0 unspecified atom stereocenters. The first-order valence-corrected chi connectivity index (χ1v) is 18.0. The van der Waals surface area contributed by atoms with Crippen molar-refractivity contribution in [3.63, 3.8) is 0 Å². The normalized spacial score (nSPS) is 18.5. The minimum atomic E-state index is -1.40. The standard InChI is InChI=1S/C37H50N8O10/c1-24(30(46)40-28(32(48)53-5)16-11-18-39-34(38)42-45(51)52)43-19-17-37(33(43)49)20-26-14-9-10-15-27(26)21-44(37)31(47)29(41-35(50)55-36(2,3)4)23-54-22-25-12-7-6-8-13-25/h6-10,12-15,24,28-29H,11,16-23H2,1-5H3,(H,40,46)(H,41,50)(H3,38,39,42)/t24-,28-,29-,37+/m0/s1. The van der Waals surface area contributed by atoms with Gasteiger partial charge in [-0.1, -0.05) is 54.6 Å². The lowest BCUT2D eigenvalue weighted by atomic mass is 9.81. The van der Waals surface area contributed by atoms with Crippen LogP contribution in [0, 0.1) is 10.1 Å². The lowest BCUT2D eigenvalue weighted by molar-refractivity contribution is -0.485. The van der Waals surface area contributed by atoms with Crippen LogP contribution in [0.25, 0.3) is 0 Å². The molecule has 5 N–H and O–H groups in total. The number of esters is 1. The summed E-state index contributed by atoms with van der Waals surface area (Å²) in [7, 11) is 1.17. The Morgan fingerprint density at radius 3 is 2.36 bits per heavy atom. The molecule has 2 aromatic carbocycles. The summed E-state index contributed by atoms with van der Waals surface area (Å²) in [5.74, 6) is -2.78. The first-order chi connectivity index (χ1) is 26.0. The van der Waals surface area contributed by atoms with E-state index in [1.54, 1.807) is 20.8 Å². The number of hydrazone groups is 1. The third-order valence-electron chi connectivity index (χ3n) is 9.34. The Labute approximate surface area is 319 Å². The van der Waals surface area contributed by atoms with Crippen molar-refractivity contribution in [3.8, 4) is 0 Å². The van der Waals surface area contributed by atoms with Gasteiger partial charge in [0.25, 0.3) is 5.96 Å². The SMILES string of the molecule is COC(=O)[C@H](CCCN/C(N)=N/[N+](=O)[O-])NC(=O)[C@H](C)N1CC[C@@]2(Cc3ccccc3CN2C(=O)[C@H](COCc2ccccc2)NC(=O)OC(C)(C)C)C1=O. The quantitative estimate of drug-likeness (QED) is 0.0505. The fourth-order valence-corrected chi connectivity index (χ4v) is 6.62. The Morgan fingerprint density at radius 1 is 1.04 bits per heavy atom. The molecule has 0 bridgehead atoms. The molecule has 18 nitrogen and oxygen atoms in total. The second-order valence-electron chi connectivity index (χ2n) is 14.4. The van der Waals surface area contributed by atoms with Gasteiger partial charge in [-0.25, -0.2) is 19.7 Å². The molecule has 0 saturated carbocycles. The molecular weight excluding hydrogens is 716 g/mol. The summed E-state index contributed by atoms with van der Waals surface area (Å²) >= 11 is 0. The summed E-state index contributed by atoms with van der Waals surface area (Å²) in [5.41, 5.74) is 5.77. The highest BCUT2D eigenvalue weighted by Gasteiger charge is 2.57. The van der Waals surface area contributed by atoms with Crippen LogP contribution in [0.3, 0.4) is 0 Å². The summed E-state index contributed by atoms with van der Waals surface area (Å²) in [6.07, 6.45) is -0.137. The van der Waals surface area contributed by atoms with Crippen molar-refractivity contribution >= 4 is 35.7 Å². The molecule has 2 aliphatic rings. The monoisotopic (exact) mass is 766 g/mol. The topological polar surface area (TPSA) is 237 Å². The second-order valence-corrected chi connectivity index (χ2v) is 14.4. The van der Waals surface area contributed by atoms with E-state index in [1.165, 1.54) is 23.8 Å². The number of nitrogens with one attached hydrogen (secondary N) is 3. The number of nitrogens with two attached hydrogens (primary N) is 1. The molecule has 2 heterocycles. The predicted octanol–water partition coefficient (Wildman–Crippen LogP) is 1.58. The Morgan fingerprint density at radius 2 is 1.71 bits per heavy atom. The average molecular weight is 767 g/mol. The first kappa shape index (κ1) is 42.0. The van der Waals surface area contributed by atoms with Crippen LogP contribution < -0.4 is 21.7 Å². The largest absolute Gasteiger partial charge is 0.467 e. The second kappa shape index (κ2) is 18.5.